The predicted octanol–water partition coefficient (Wildman–Crippen LogP) is 4.16. The summed E-state index contributed by atoms with van der Waals surface area (Å²) in [5, 5.41) is 0.437. The van der Waals surface area contributed by atoms with Crippen molar-refractivity contribution in [1.29, 1.82) is 0 Å². The topological polar surface area (TPSA) is 35.2 Å². The quantitative estimate of drug-likeness (QED) is 0.814. The Bertz CT molecular complexity index is 557. The first-order valence-corrected chi connectivity index (χ1v) is 5.43. The highest BCUT2D eigenvalue weighted by atomic mass is 35.5. The monoisotopic (exact) mass is 251 g/mol. The number of benzene rings is 2. The molecular weight excluding hydrogens is 241 g/mol. The lowest BCUT2D eigenvalue weighted by Crippen LogP contribution is -1.92. The molecule has 0 aliphatic carbocycles. The zero-order valence-electron chi connectivity index (χ0n) is 9.21. The summed E-state index contributed by atoms with van der Waals surface area (Å²) in [5.74, 6) is 0.0182. The van der Waals surface area contributed by atoms with E-state index in [4.69, 9.17) is 22.1 Å². The van der Waals surface area contributed by atoms with E-state index in [2.05, 4.69) is 0 Å². The third-order valence-electron chi connectivity index (χ3n) is 2.26. The zero-order chi connectivity index (χ0) is 12.4. The summed E-state index contributed by atoms with van der Waals surface area (Å²) in [4.78, 5) is 0. The second-order valence-corrected chi connectivity index (χ2v) is 4.13. The molecule has 0 amide bonds. The van der Waals surface area contributed by atoms with Crippen LogP contribution in [0.5, 0.6) is 11.5 Å². The fourth-order valence-electron chi connectivity index (χ4n) is 1.41. The van der Waals surface area contributed by atoms with E-state index in [-0.39, 0.29) is 5.75 Å². The minimum atomic E-state index is -0.512. The molecule has 0 aromatic heterocycles. The Labute approximate surface area is 104 Å². The average Bonchev–Trinajstić information content (AvgIpc) is 2.27. The molecule has 0 spiro atoms. The van der Waals surface area contributed by atoms with Gasteiger partial charge < -0.3 is 10.5 Å². The zero-order valence-corrected chi connectivity index (χ0v) is 9.96. The molecule has 0 radical (unpaired) electrons. The maximum atomic E-state index is 13.5. The van der Waals surface area contributed by atoms with Crippen molar-refractivity contribution < 1.29 is 9.13 Å². The highest BCUT2D eigenvalue weighted by Gasteiger charge is 2.08. The molecule has 2 aromatic rings. The van der Waals surface area contributed by atoms with Crippen LogP contribution in [0.1, 0.15) is 5.56 Å². The van der Waals surface area contributed by atoms with Gasteiger partial charge in [0.1, 0.15) is 5.75 Å². The molecular formula is C13H11ClFNO. The summed E-state index contributed by atoms with van der Waals surface area (Å²) in [6.45, 7) is 1.91. The van der Waals surface area contributed by atoms with E-state index in [9.17, 15) is 4.39 Å². The van der Waals surface area contributed by atoms with Crippen molar-refractivity contribution in [2.24, 2.45) is 0 Å². The minimum Gasteiger partial charge on any atom is -0.453 e. The normalized spacial score (nSPS) is 10.3. The molecule has 0 fully saturated rings. The van der Waals surface area contributed by atoms with Crippen molar-refractivity contribution in [1.82, 2.24) is 0 Å². The molecule has 17 heavy (non-hydrogen) atoms. The van der Waals surface area contributed by atoms with E-state index >= 15 is 0 Å². The summed E-state index contributed by atoms with van der Waals surface area (Å²) in [7, 11) is 0. The maximum absolute atomic E-state index is 13.5. The lowest BCUT2D eigenvalue weighted by molar-refractivity contribution is 0.442. The van der Waals surface area contributed by atoms with Gasteiger partial charge in [0.2, 0.25) is 0 Å². The third kappa shape index (κ3) is 2.68. The van der Waals surface area contributed by atoms with E-state index in [1.165, 1.54) is 12.1 Å². The Kier molecular flexibility index (Phi) is 3.20. The van der Waals surface area contributed by atoms with Crippen molar-refractivity contribution in [2.45, 2.75) is 6.92 Å². The van der Waals surface area contributed by atoms with Crippen LogP contribution >= 0.6 is 11.6 Å². The van der Waals surface area contributed by atoms with Gasteiger partial charge in [0.15, 0.2) is 11.6 Å². The summed E-state index contributed by atoms with van der Waals surface area (Å²) in [5.41, 5.74) is 6.79. The van der Waals surface area contributed by atoms with Crippen molar-refractivity contribution >= 4 is 17.3 Å². The van der Waals surface area contributed by atoms with Gasteiger partial charge >= 0.3 is 0 Å². The summed E-state index contributed by atoms with van der Waals surface area (Å²) in [6.07, 6.45) is 0. The molecule has 0 bridgehead atoms. The van der Waals surface area contributed by atoms with Crippen molar-refractivity contribution in [3.8, 4) is 11.5 Å². The van der Waals surface area contributed by atoms with Crippen LogP contribution in [0, 0.1) is 12.7 Å². The van der Waals surface area contributed by atoms with Crippen LogP contribution in [0.2, 0.25) is 5.02 Å². The molecule has 0 heterocycles. The standard InChI is InChI=1S/C13H11ClFNO/c1-8-2-4-10(14)13(6-8)17-12-5-3-9(16)7-11(12)15/h2-7H,16H2,1H3. The Hall–Kier alpha value is -1.74. The number of nitrogens with two attached hydrogens (primary N) is 1. The van der Waals surface area contributed by atoms with Crippen LogP contribution < -0.4 is 10.5 Å². The van der Waals surface area contributed by atoms with Crippen LogP contribution in [0.4, 0.5) is 10.1 Å². The lowest BCUT2D eigenvalue weighted by Gasteiger charge is -2.09. The molecule has 88 valence electrons. The van der Waals surface area contributed by atoms with Gasteiger partial charge in [-0.25, -0.2) is 4.39 Å². The van der Waals surface area contributed by atoms with Crippen molar-refractivity contribution in [2.75, 3.05) is 5.73 Å². The summed E-state index contributed by atoms with van der Waals surface area (Å²) < 4.78 is 18.9. The second-order valence-electron chi connectivity index (χ2n) is 3.73. The molecule has 2 aromatic carbocycles. The molecule has 0 aliphatic heterocycles. The molecule has 2 nitrogen and oxygen atoms in total. The second kappa shape index (κ2) is 4.63. The molecule has 4 heteroatoms. The molecule has 0 atom stereocenters. The van der Waals surface area contributed by atoms with Gasteiger partial charge in [0.05, 0.1) is 5.02 Å². The summed E-state index contributed by atoms with van der Waals surface area (Å²) >= 11 is 5.96. The Morgan fingerprint density at radius 1 is 1.12 bits per heavy atom. The number of rotatable bonds is 2. The number of ether oxygens (including phenoxy) is 1. The smallest absolute Gasteiger partial charge is 0.167 e. The minimum absolute atomic E-state index is 0.103. The van der Waals surface area contributed by atoms with Gasteiger partial charge in [-0.2, -0.15) is 0 Å². The van der Waals surface area contributed by atoms with Gasteiger partial charge in [-0.15, -0.1) is 0 Å². The summed E-state index contributed by atoms with van der Waals surface area (Å²) in [6, 6.07) is 9.57. The molecule has 0 unspecified atom stereocenters. The van der Waals surface area contributed by atoms with Gasteiger partial charge in [-0.3, -0.25) is 0 Å². The lowest BCUT2D eigenvalue weighted by atomic mass is 10.2. The molecule has 0 saturated heterocycles. The van der Waals surface area contributed by atoms with Crippen LogP contribution in [0.15, 0.2) is 36.4 Å². The average molecular weight is 252 g/mol. The number of hydrogen-bond acceptors (Lipinski definition) is 2. The van der Waals surface area contributed by atoms with E-state index in [1.54, 1.807) is 18.2 Å². The molecule has 0 aliphatic rings. The SMILES string of the molecule is Cc1ccc(Cl)c(Oc2ccc(N)cc2F)c1. The van der Waals surface area contributed by atoms with E-state index < -0.39 is 5.82 Å². The van der Waals surface area contributed by atoms with Crippen LogP contribution in [0.25, 0.3) is 0 Å². The van der Waals surface area contributed by atoms with E-state index in [0.29, 0.717) is 16.5 Å². The number of aryl methyl sites for hydroxylation is 1. The van der Waals surface area contributed by atoms with Gasteiger partial charge in [0.25, 0.3) is 0 Å². The number of anilines is 1. The fraction of sp³-hybridized carbons (Fsp3) is 0.0769. The largest absolute Gasteiger partial charge is 0.453 e. The third-order valence-corrected chi connectivity index (χ3v) is 2.57. The van der Waals surface area contributed by atoms with Crippen LogP contribution in [0.3, 0.4) is 0 Å². The first-order valence-electron chi connectivity index (χ1n) is 5.05. The Morgan fingerprint density at radius 3 is 2.59 bits per heavy atom. The van der Waals surface area contributed by atoms with E-state index in [0.717, 1.165) is 5.56 Å². The Balaban J connectivity index is 2.34. The Morgan fingerprint density at radius 2 is 1.88 bits per heavy atom. The fourth-order valence-corrected chi connectivity index (χ4v) is 1.56. The van der Waals surface area contributed by atoms with Gasteiger partial charge in [0, 0.05) is 11.8 Å². The predicted molar refractivity (Wildman–Crippen MR) is 67.1 cm³/mol. The number of nitrogen functional groups attached to an aromatic ring is 1. The molecule has 2 N–H and O–H groups in total. The van der Waals surface area contributed by atoms with Gasteiger partial charge in [-0.05, 0) is 36.8 Å². The van der Waals surface area contributed by atoms with Crippen molar-refractivity contribution in [3.63, 3.8) is 0 Å². The highest BCUT2D eigenvalue weighted by Crippen LogP contribution is 2.31. The van der Waals surface area contributed by atoms with Crippen LogP contribution in [-0.2, 0) is 0 Å². The van der Waals surface area contributed by atoms with E-state index in [1.807, 2.05) is 13.0 Å². The number of halogens is 2. The number of hydrogen-bond donors (Lipinski definition) is 1. The van der Waals surface area contributed by atoms with Crippen molar-refractivity contribution in [3.05, 3.63) is 52.8 Å². The van der Waals surface area contributed by atoms with Gasteiger partial charge in [-0.1, -0.05) is 17.7 Å². The first-order chi connectivity index (χ1) is 8.06. The first kappa shape index (κ1) is 11.7. The maximum Gasteiger partial charge on any atom is 0.167 e. The molecule has 2 rings (SSSR count). The molecule has 0 saturated carbocycles. The highest BCUT2D eigenvalue weighted by molar-refractivity contribution is 6.32. The van der Waals surface area contributed by atoms with Crippen LogP contribution in [-0.4, -0.2) is 0 Å².